The molecule has 0 bridgehead atoms. The summed E-state index contributed by atoms with van der Waals surface area (Å²) in [5.41, 5.74) is 13.8. The quantitative estimate of drug-likeness (QED) is 0.0678. The Kier molecular flexibility index (Phi) is 75.8. The molecular weight excluding hydrogens is 1290 g/mol. The van der Waals surface area contributed by atoms with Gasteiger partial charge in [0.2, 0.25) is 0 Å². The van der Waals surface area contributed by atoms with Gasteiger partial charge in [0.25, 0.3) is 41.6 Å². The highest BCUT2D eigenvalue weighted by Gasteiger charge is 2.53. The summed E-state index contributed by atoms with van der Waals surface area (Å²) in [6.07, 6.45) is 27.9. The van der Waals surface area contributed by atoms with E-state index in [4.69, 9.17) is 81.5 Å². The van der Waals surface area contributed by atoms with Gasteiger partial charge in [-0.25, -0.2) is 0 Å². The predicted octanol–water partition coefficient (Wildman–Crippen LogP) is 21.7. The van der Waals surface area contributed by atoms with E-state index in [9.17, 15) is 0 Å². The van der Waals surface area contributed by atoms with Gasteiger partial charge in [0, 0.05) is 13.1 Å². The molecule has 0 N–H and O–H groups in total. The van der Waals surface area contributed by atoms with Crippen molar-refractivity contribution in [2.24, 2.45) is 0 Å². The van der Waals surface area contributed by atoms with Crippen LogP contribution in [0.2, 0.25) is 203 Å². The summed E-state index contributed by atoms with van der Waals surface area (Å²) in [6.45, 7) is 63.5. The maximum atomic E-state index is 6.58. The van der Waals surface area contributed by atoms with Crippen molar-refractivity contribution in [1.82, 2.24) is 0 Å². The van der Waals surface area contributed by atoms with Gasteiger partial charge in [0.05, 0.1) is 0 Å². The first-order valence-corrected chi connectivity index (χ1v) is 66.4. The Morgan fingerprint density at radius 1 is 0.169 bits per heavy atom. The number of hydrogen-bond acceptors (Lipinski definition) is 12. The fourth-order valence-electron chi connectivity index (χ4n) is 7.11. The second-order valence-corrected chi connectivity index (χ2v) is 81.0. The molecule has 0 amide bonds. The van der Waals surface area contributed by atoms with Crippen molar-refractivity contribution in [3.8, 4) is 59.8 Å². The zero-order chi connectivity index (χ0) is 55.5. The smallest absolute Gasteiger partial charge is 0.437 e. The number of rotatable bonds is 24. The van der Waals surface area contributed by atoms with Crippen molar-refractivity contribution >= 4 is 127 Å². The highest BCUT2D eigenvalue weighted by atomic mass is 28.5. The zero-order valence-electron chi connectivity index (χ0n) is 48.8. The Morgan fingerprint density at radius 2 is 0.289 bits per heavy atom. The Balaban J connectivity index is -0.0000000451. The Hall–Kier alpha value is 0.573. The lowest BCUT2D eigenvalue weighted by Gasteiger charge is -2.44. The van der Waals surface area contributed by atoms with E-state index in [1.807, 2.05) is 118 Å². The molecule has 0 saturated heterocycles. The topological polar surface area (TPSA) is 111 Å². The first kappa shape index (κ1) is 133. The molecule has 0 radical (unpaired) electrons. The molecule has 0 fully saturated rings. The highest BCUT2D eigenvalue weighted by molar-refractivity contribution is 6.96. The number of hydrogen-bond donors (Lipinski definition) is 0. The fourth-order valence-corrected chi connectivity index (χ4v) is 68.2. The standard InChI is InChI=1S/C17H36O5Si6.C14H42O5Si6.C10H20O2Si3.15CH4/c1-15-23(4,5)18-26(10,11)21-28(14,20-25(8,9)17-3)22-27(12,13)19-24(6,7)16-2;1-20(2,3)15-23(10,11)18-25(14,17-22(7,8)9)19-24(12,13)16-21(4,5)6;1-9-13(3,4)11-15(7,8)12-14(5,6)10-2;;;;;;;;;;;;;;;/h1-3H,4-14H3;1-14H3;1-2H,3-8H3;15*1H4. The van der Waals surface area contributed by atoms with Crippen molar-refractivity contribution in [1.29, 1.82) is 0 Å². The summed E-state index contributed by atoms with van der Waals surface area (Å²) in [7, 11) is -34.5. The van der Waals surface area contributed by atoms with Crippen LogP contribution in [0.15, 0.2) is 0 Å². The summed E-state index contributed by atoms with van der Waals surface area (Å²) in [4.78, 5) is 0. The molecule has 0 heterocycles. The van der Waals surface area contributed by atoms with E-state index in [-0.39, 0.29) is 111 Å². The molecule has 0 aliphatic carbocycles. The third-order valence-corrected chi connectivity index (χ3v) is 57.1. The van der Waals surface area contributed by atoms with E-state index < -0.39 is 127 Å². The molecule has 0 rings (SSSR count). The van der Waals surface area contributed by atoms with Crippen LogP contribution in [0.5, 0.6) is 0 Å². The van der Waals surface area contributed by atoms with E-state index >= 15 is 0 Å². The number of terminal acetylenes is 5. The van der Waals surface area contributed by atoms with Crippen molar-refractivity contribution in [2.45, 2.75) is 314 Å². The first-order chi connectivity index (χ1) is 29.3. The van der Waals surface area contributed by atoms with E-state index in [0.717, 1.165) is 0 Å². The Bertz CT molecular complexity index is 1740. The minimum Gasteiger partial charge on any atom is -0.437 e. The molecule has 0 atom stereocenters. The lowest BCUT2D eigenvalue weighted by atomic mass is 11.4. The lowest BCUT2D eigenvalue weighted by Crippen LogP contribution is -2.63. The minimum absolute atomic E-state index is 0. The molecule has 0 aromatic rings. The van der Waals surface area contributed by atoms with Gasteiger partial charge < -0.3 is 49.4 Å². The third-order valence-electron chi connectivity index (χ3n) is 7.50. The van der Waals surface area contributed by atoms with Crippen LogP contribution >= 0.6 is 0 Å². The van der Waals surface area contributed by atoms with Gasteiger partial charge in [-0.3, -0.25) is 0 Å². The van der Waals surface area contributed by atoms with Crippen molar-refractivity contribution < 1.29 is 49.4 Å². The third kappa shape index (κ3) is 69.9. The summed E-state index contributed by atoms with van der Waals surface area (Å²) < 4.78 is 76.2. The maximum absolute atomic E-state index is 6.58. The average Bonchev–Trinajstić information content (AvgIpc) is 2.97. The van der Waals surface area contributed by atoms with E-state index in [1.54, 1.807) is 0 Å². The predicted molar refractivity (Wildman–Crippen MR) is 426 cm³/mol. The molecule has 0 aromatic heterocycles. The summed E-state index contributed by atoms with van der Waals surface area (Å²) in [6, 6.07) is 0. The van der Waals surface area contributed by atoms with Crippen LogP contribution in [-0.4, -0.2) is 127 Å². The van der Waals surface area contributed by atoms with Gasteiger partial charge in [0.15, 0.2) is 25.0 Å². The van der Waals surface area contributed by atoms with Crippen LogP contribution in [0.25, 0.3) is 0 Å². The average molecular weight is 1450 g/mol. The molecule has 514 valence electrons. The van der Waals surface area contributed by atoms with Crippen LogP contribution in [0.3, 0.4) is 0 Å². The molecule has 0 aromatic carbocycles. The zero-order valence-corrected chi connectivity index (χ0v) is 63.8. The van der Waals surface area contributed by atoms with Crippen molar-refractivity contribution in [3.63, 3.8) is 0 Å². The monoisotopic (exact) mass is 1440 g/mol. The van der Waals surface area contributed by atoms with Gasteiger partial charge in [-0.15, -0.1) is 59.8 Å². The Morgan fingerprint density at radius 3 is 0.434 bits per heavy atom. The van der Waals surface area contributed by atoms with Crippen LogP contribution in [0, 0.1) is 59.8 Å². The molecule has 0 aliphatic rings. The van der Waals surface area contributed by atoms with E-state index in [2.05, 4.69) is 113 Å². The van der Waals surface area contributed by atoms with Crippen molar-refractivity contribution in [3.05, 3.63) is 0 Å². The largest absolute Gasteiger partial charge is 0.470 e. The molecule has 0 saturated carbocycles. The van der Waals surface area contributed by atoms with Crippen molar-refractivity contribution in [2.75, 3.05) is 0 Å². The molecule has 12 nitrogen and oxygen atoms in total. The van der Waals surface area contributed by atoms with Gasteiger partial charge in [-0.1, -0.05) is 111 Å². The van der Waals surface area contributed by atoms with Crippen LogP contribution < -0.4 is 0 Å². The van der Waals surface area contributed by atoms with Gasteiger partial charge in [-0.05, 0) is 190 Å². The van der Waals surface area contributed by atoms with Crippen LogP contribution in [0.1, 0.15) is 111 Å². The second-order valence-electron chi connectivity index (χ2n) is 24.6. The van der Waals surface area contributed by atoms with E-state index in [1.165, 1.54) is 0 Å². The first-order valence-electron chi connectivity index (χ1n) is 23.1. The Labute approximate surface area is 546 Å². The molecule has 0 aliphatic heterocycles. The van der Waals surface area contributed by atoms with E-state index in [0.29, 0.717) is 0 Å². The molecular formula is C56H158O12Si15. The summed E-state index contributed by atoms with van der Waals surface area (Å²) >= 11 is 0. The summed E-state index contributed by atoms with van der Waals surface area (Å²) in [5, 5.41) is 0. The van der Waals surface area contributed by atoms with Crippen LogP contribution in [0.4, 0.5) is 0 Å². The van der Waals surface area contributed by atoms with Gasteiger partial charge >= 0.3 is 60.4 Å². The molecule has 0 spiro atoms. The molecule has 0 unspecified atom stereocenters. The van der Waals surface area contributed by atoms with Gasteiger partial charge in [0.1, 0.15) is 0 Å². The van der Waals surface area contributed by atoms with Crippen LogP contribution in [-0.2, 0) is 49.4 Å². The van der Waals surface area contributed by atoms with Gasteiger partial charge in [-0.2, -0.15) is 0 Å². The minimum atomic E-state index is -3.20. The normalized spacial score (nSPS) is 11.8. The highest BCUT2D eigenvalue weighted by Crippen LogP contribution is 2.31. The lowest BCUT2D eigenvalue weighted by molar-refractivity contribution is 0.213. The SMILES string of the molecule is C.C.C.C.C.C.C.C.C.C.C.C.C.C.C.C#C[Si](C)(C)O[Si](C)(C)O[Si](C)(C)C#C.C#C[Si](C)(C)O[Si](C)(C)O[Si](C)(O[Si](C)(C)C#C)O[Si](C)(C)O[Si](C)(C)C#C.C[Si](C)(C)O[Si](C)(C)O[Si](C)(O[Si](C)(C)C)O[Si](C)(C)O[Si](C)(C)C. The fraction of sp³-hybridized carbons (Fsp3) is 0.821. The molecule has 83 heavy (non-hydrogen) atoms. The summed E-state index contributed by atoms with van der Waals surface area (Å²) in [5.74, 6) is 0. The maximum Gasteiger partial charge on any atom is 0.470 e. The molecule has 27 heteroatoms. The second kappa shape index (κ2) is 47.5.